The summed E-state index contributed by atoms with van der Waals surface area (Å²) in [4.78, 5) is 25.2. The minimum Gasteiger partial charge on any atom is -0.494 e. The monoisotopic (exact) mass is 522 g/mol. The van der Waals surface area contributed by atoms with Gasteiger partial charge in [-0.05, 0) is 50.5 Å². The zero-order valence-corrected chi connectivity index (χ0v) is 21.9. The van der Waals surface area contributed by atoms with Crippen LogP contribution in [0.2, 0.25) is 0 Å². The third-order valence-electron chi connectivity index (χ3n) is 6.10. The number of anilines is 3. The Labute approximate surface area is 216 Å². The third-order valence-corrected chi connectivity index (χ3v) is 8.40. The van der Waals surface area contributed by atoms with Crippen molar-refractivity contribution < 1.29 is 18.5 Å². The number of aromatic nitrogens is 2. The molecular weight excluding hydrogens is 492 g/mol. The highest BCUT2D eigenvalue weighted by atomic mass is 32.2. The fourth-order valence-electron chi connectivity index (χ4n) is 3.74. The van der Waals surface area contributed by atoms with E-state index in [0.29, 0.717) is 22.0 Å². The van der Waals surface area contributed by atoms with Gasteiger partial charge in [0.25, 0.3) is 5.91 Å². The number of para-hydroxylation sites is 1. The Morgan fingerprint density at radius 1 is 1.08 bits per heavy atom. The van der Waals surface area contributed by atoms with Gasteiger partial charge in [-0.3, -0.25) is 9.59 Å². The maximum Gasteiger partial charge on any atom is 0.273 e. The molecule has 2 amide bonds. The molecule has 37 heavy (non-hydrogen) atoms. The number of amides is 2. The number of ether oxygens (including phenoxy) is 1. The van der Waals surface area contributed by atoms with Crippen molar-refractivity contribution in [2.45, 2.75) is 36.8 Å². The van der Waals surface area contributed by atoms with Gasteiger partial charge in [0.05, 0.1) is 28.2 Å². The molecule has 3 aromatic rings. The number of methoxy groups -OCH3 is 1. The molecule has 11 heteroatoms. The quantitative estimate of drug-likeness (QED) is 0.325. The molecule has 4 N–H and O–H groups in total. The van der Waals surface area contributed by atoms with E-state index in [0.717, 1.165) is 24.0 Å². The van der Waals surface area contributed by atoms with Crippen LogP contribution in [0, 0.1) is 10.7 Å². The lowest BCUT2D eigenvalue weighted by atomic mass is 10.0. The lowest BCUT2D eigenvalue weighted by Crippen LogP contribution is -2.22. The fourth-order valence-corrected chi connectivity index (χ4v) is 4.83. The summed E-state index contributed by atoms with van der Waals surface area (Å²) in [6.45, 7) is 3.54. The van der Waals surface area contributed by atoms with Crippen LogP contribution < -0.4 is 20.7 Å². The number of nitrogens with one attached hydrogen (secondary N) is 4. The summed E-state index contributed by atoms with van der Waals surface area (Å²) >= 11 is 0. The molecule has 1 aromatic heterocycles. The number of hydrogen-bond donors (Lipinski definition) is 4. The smallest absolute Gasteiger partial charge is 0.273 e. The first-order chi connectivity index (χ1) is 17.6. The molecule has 4 rings (SSSR count). The van der Waals surface area contributed by atoms with Crippen LogP contribution in [-0.2, 0) is 14.5 Å². The highest BCUT2D eigenvalue weighted by Crippen LogP contribution is 2.39. The first-order valence-electron chi connectivity index (χ1n) is 11.9. The third kappa shape index (κ3) is 5.56. The van der Waals surface area contributed by atoms with E-state index < -0.39 is 15.6 Å². The molecule has 1 unspecified atom stereocenters. The lowest BCUT2D eigenvalue weighted by molar-refractivity contribution is -0.117. The number of benzene rings is 2. The van der Waals surface area contributed by atoms with Crippen molar-refractivity contribution in [2.75, 3.05) is 24.8 Å². The highest BCUT2D eigenvalue weighted by Gasteiger charge is 2.30. The van der Waals surface area contributed by atoms with Gasteiger partial charge in [-0.1, -0.05) is 24.3 Å². The molecule has 0 spiro atoms. The normalized spacial score (nSPS) is 14.5. The van der Waals surface area contributed by atoms with E-state index in [4.69, 9.17) is 9.52 Å². The molecular formula is C26H30N6O4S. The predicted molar refractivity (Wildman–Crippen MR) is 143 cm³/mol. The van der Waals surface area contributed by atoms with Gasteiger partial charge in [0, 0.05) is 34.7 Å². The summed E-state index contributed by atoms with van der Waals surface area (Å²) in [5.74, 6) is 0.176. The molecule has 0 saturated heterocycles. The van der Waals surface area contributed by atoms with E-state index in [1.165, 1.54) is 7.05 Å². The van der Waals surface area contributed by atoms with Gasteiger partial charge in [0.15, 0.2) is 11.5 Å². The van der Waals surface area contributed by atoms with Crippen molar-refractivity contribution in [1.29, 1.82) is 4.78 Å². The Bertz CT molecular complexity index is 1430. The van der Waals surface area contributed by atoms with Crippen LogP contribution in [0.1, 0.15) is 37.2 Å². The van der Waals surface area contributed by atoms with Crippen molar-refractivity contribution in [1.82, 2.24) is 15.5 Å². The SMILES string of the molecule is CNC(=O)c1nnc(NC(=O)C2CC2)cc1Nc1cccc(-c2ccc(S(=N)(=O)C(C)C)cc2)c1OC. The van der Waals surface area contributed by atoms with E-state index in [1.807, 2.05) is 24.3 Å². The van der Waals surface area contributed by atoms with E-state index in [2.05, 4.69) is 26.1 Å². The molecule has 0 aliphatic heterocycles. The fraction of sp³-hybridized carbons (Fsp3) is 0.308. The van der Waals surface area contributed by atoms with E-state index >= 15 is 0 Å². The maximum atomic E-state index is 12.7. The van der Waals surface area contributed by atoms with Crippen LogP contribution in [0.15, 0.2) is 53.4 Å². The summed E-state index contributed by atoms with van der Waals surface area (Å²) in [5, 5.41) is 16.2. The van der Waals surface area contributed by atoms with Crippen molar-refractivity contribution in [2.24, 2.45) is 5.92 Å². The van der Waals surface area contributed by atoms with Gasteiger partial charge >= 0.3 is 0 Å². The van der Waals surface area contributed by atoms with Crippen LogP contribution in [0.4, 0.5) is 17.2 Å². The molecule has 1 saturated carbocycles. The summed E-state index contributed by atoms with van der Waals surface area (Å²) < 4.78 is 26.7. The second kappa shape index (κ2) is 10.6. The number of rotatable bonds is 9. The summed E-state index contributed by atoms with van der Waals surface area (Å²) in [6, 6.07) is 14.1. The molecule has 1 aliphatic rings. The topological polar surface area (TPSA) is 146 Å². The van der Waals surface area contributed by atoms with Crippen LogP contribution in [0.25, 0.3) is 11.1 Å². The van der Waals surface area contributed by atoms with E-state index in [9.17, 15) is 13.8 Å². The molecule has 1 aliphatic carbocycles. The van der Waals surface area contributed by atoms with Gasteiger partial charge in [-0.25, -0.2) is 8.99 Å². The van der Waals surface area contributed by atoms with Crippen LogP contribution in [0.3, 0.4) is 0 Å². The second-order valence-electron chi connectivity index (χ2n) is 9.02. The largest absolute Gasteiger partial charge is 0.494 e. The van der Waals surface area contributed by atoms with Gasteiger partial charge in [0.2, 0.25) is 5.91 Å². The van der Waals surface area contributed by atoms with Crippen molar-refractivity contribution in [3.05, 3.63) is 54.2 Å². The Balaban J connectivity index is 1.70. The lowest BCUT2D eigenvalue weighted by Gasteiger charge is -2.17. The molecule has 2 aromatic carbocycles. The average Bonchev–Trinajstić information content (AvgIpc) is 3.74. The van der Waals surface area contributed by atoms with Crippen molar-refractivity contribution in [3.63, 3.8) is 0 Å². The Kier molecular flexibility index (Phi) is 7.44. The zero-order valence-electron chi connectivity index (χ0n) is 21.1. The highest BCUT2D eigenvalue weighted by molar-refractivity contribution is 7.93. The van der Waals surface area contributed by atoms with Gasteiger partial charge in [0.1, 0.15) is 5.75 Å². The standard InChI is InChI=1S/C26H30N6O4S/c1-15(2)37(27,35)18-12-10-16(11-13-18)19-6-5-7-20(24(19)36-4)29-21-14-22(30-25(33)17-8-9-17)31-32-23(21)26(34)28-3/h5-7,10-15,17,27H,8-9H2,1-4H3,(H,28,34)(H2,29,30,31,33). The van der Waals surface area contributed by atoms with E-state index in [-0.39, 0.29) is 28.6 Å². The maximum absolute atomic E-state index is 12.7. The van der Waals surface area contributed by atoms with Crippen molar-refractivity contribution in [3.8, 4) is 16.9 Å². The molecule has 194 valence electrons. The van der Waals surface area contributed by atoms with Crippen LogP contribution in [0.5, 0.6) is 5.75 Å². The molecule has 0 radical (unpaired) electrons. The molecule has 1 fully saturated rings. The number of nitrogens with zero attached hydrogens (tertiary/aromatic N) is 2. The summed E-state index contributed by atoms with van der Waals surface area (Å²) in [5.41, 5.74) is 2.53. The minimum atomic E-state index is -2.89. The molecule has 0 bridgehead atoms. The molecule has 1 atom stereocenters. The minimum absolute atomic E-state index is 0.0102. The predicted octanol–water partition coefficient (Wildman–Crippen LogP) is 4.42. The Morgan fingerprint density at radius 2 is 1.78 bits per heavy atom. The zero-order chi connectivity index (χ0) is 26.7. The summed E-state index contributed by atoms with van der Waals surface area (Å²) in [6.07, 6.45) is 1.70. The second-order valence-corrected chi connectivity index (χ2v) is 11.6. The Morgan fingerprint density at radius 3 is 2.38 bits per heavy atom. The number of carbonyl (C=O) groups is 2. The number of carbonyl (C=O) groups excluding carboxylic acids is 2. The van der Waals surface area contributed by atoms with Crippen molar-refractivity contribution >= 4 is 38.7 Å². The Hall–Kier alpha value is -3.99. The van der Waals surface area contributed by atoms with E-state index in [1.54, 1.807) is 45.2 Å². The first kappa shape index (κ1) is 26.1. The summed E-state index contributed by atoms with van der Waals surface area (Å²) in [7, 11) is 0.143. The van der Waals surface area contributed by atoms with Crippen LogP contribution >= 0.6 is 0 Å². The van der Waals surface area contributed by atoms with Gasteiger partial charge in [-0.15, -0.1) is 10.2 Å². The first-order valence-corrected chi connectivity index (χ1v) is 13.5. The van der Waals surface area contributed by atoms with Gasteiger partial charge in [-0.2, -0.15) is 0 Å². The van der Waals surface area contributed by atoms with Gasteiger partial charge < -0.3 is 20.7 Å². The molecule has 10 nitrogen and oxygen atoms in total. The molecule has 1 heterocycles. The van der Waals surface area contributed by atoms with Crippen LogP contribution in [-0.4, -0.2) is 45.6 Å². The number of hydrogen-bond acceptors (Lipinski definition) is 8. The average molecular weight is 523 g/mol.